The van der Waals surface area contributed by atoms with E-state index in [0.29, 0.717) is 18.4 Å². The zero-order valence-corrected chi connectivity index (χ0v) is 15.4. The van der Waals surface area contributed by atoms with Gasteiger partial charge in [-0.25, -0.2) is 9.98 Å². The van der Waals surface area contributed by atoms with Crippen LogP contribution in [0.2, 0.25) is 0 Å². The number of nitrogens with zero attached hydrogens (tertiary/aromatic N) is 2. The van der Waals surface area contributed by atoms with Gasteiger partial charge in [-0.15, -0.1) is 11.3 Å². The topological polar surface area (TPSA) is 63.3 Å². The second-order valence-electron chi connectivity index (χ2n) is 7.00. The zero-order valence-electron chi connectivity index (χ0n) is 14.6. The van der Waals surface area contributed by atoms with Gasteiger partial charge in [0.1, 0.15) is 0 Å². The van der Waals surface area contributed by atoms with Crippen LogP contribution in [0, 0.1) is 0 Å². The minimum Gasteiger partial charge on any atom is -0.370 e. The summed E-state index contributed by atoms with van der Waals surface area (Å²) < 4.78 is 0. The fourth-order valence-corrected chi connectivity index (χ4v) is 2.95. The maximum Gasteiger partial charge on any atom is 0.193 e. The number of guanidine groups is 1. The Morgan fingerprint density at radius 2 is 2.09 bits per heavy atom. The van der Waals surface area contributed by atoms with Crippen LogP contribution in [-0.2, 0) is 12.0 Å². The number of anilines is 1. The second kappa shape index (κ2) is 7.13. The predicted molar refractivity (Wildman–Crippen MR) is 100 cm³/mol. The Hall–Kier alpha value is -1.88. The van der Waals surface area contributed by atoms with Crippen LogP contribution >= 0.6 is 11.3 Å². The van der Waals surface area contributed by atoms with E-state index in [4.69, 9.17) is 5.73 Å². The Morgan fingerprint density at radius 3 is 2.70 bits per heavy atom. The van der Waals surface area contributed by atoms with Gasteiger partial charge in [0.15, 0.2) is 5.96 Å². The van der Waals surface area contributed by atoms with E-state index in [-0.39, 0.29) is 5.41 Å². The third-order valence-corrected chi connectivity index (χ3v) is 4.75. The van der Waals surface area contributed by atoms with E-state index in [2.05, 4.69) is 67.4 Å². The van der Waals surface area contributed by atoms with Crippen LogP contribution < -0.4 is 11.1 Å². The fourth-order valence-electron chi connectivity index (χ4n) is 2.05. The normalized spacial score (nSPS) is 12.7. The van der Waals surface area contributed by atoms with E-state index in [0.717, 1.165) is 16.4 Å². The highest BCUT2D eigenvalue weighted by Gasteiger charge is 2.17. The van der Waals surface area contributed by atoms with Crippen LogP contribution in [0.1, 0.15) is 56.8 Å². The Bertz CT molecular complexity index is 680. The number of benzene rings is 1. The van der Waals surface area contributed by atoms with Crippen molar-refractivity contribution in [2.75, 3.05) is 5.32 Å². The van der Waals surface area contributed by atoms with Gasteiger partial charge in [-0.05, 0) is 23.6 Å². The maximum atomic E-state index is 5.99. The van der Waals surface area contributed by atoms with Crippen molar-refractivity contribution in [2.45, 2.75) is 52.5 Å². The van der Waals surface area contributed by atoms with Gasteiger partial charge in [-0.1, -0.05) is 46.8 Å². The second-order valence-corrected chi connectivity index (χ2v) is 7.86. The first kappa shape index (κ1) is 17.5. The van der Waals surface area contributed by atoms with Crippen molar-refractivity contribution in [3.63, 3.8) is 0 Å². The molecule has 0 fully saturated rings. The molecule has 0 saturated heterocycles. The van der Waals surface area contributed by atoms with Crippen molar-refractivity contribution in [2.24, 2.45) is 10.7 Å². The van der Waals surface area contributed by atoms with Gasteiger partial charge >= 0.3 is 0 Å². The number of nitrogens with one attached hydrogen (secondary N) is 1. The molecule has 0 amide bonds. The van der Waals surface area contributed by atoms with Crippen LogP contribution in [0.4, 0.5) is 5.69 Å². The maximum absolute atomic E-state index is 5.99. The number of aromatic nitrogens is 1. The van der Waals surface area contributed by atoms with E-state index in [1.165, 1.54) is 5.56 Å². The number of nitrogens with two attached hydrogens (primary N) is 1. The van der Waals surface area contributed by atoms with Crippen LogP contribution in [-0.4, -0.2) is 10.9 Å². The smallest absolute Gasteiger partial charge is 0.193 e. The van der Waals surface area contributed by atoms with Crippen molar-refractivity contribution in [1.82, 2.24) is 4.98 Å². The van der Waals surface area contributed by atoms with Gasteiger partial charge in [0, 0.05) is 16.5 Å². The number of thiazole rings is 1. The van der Waals surface area contributed by atoms with Gasteiger partial charge in [0.05, 0.1) is 17.2 Å². The molecular formula is C18H26N4S. The van der Waals surface area contributed by atoms with Crippen molar-refractivity contribution in [3.8, 4) is 0 Å². The molecule has 4 nitrogen and oxygen atoms in total. The molecule has 23 heavy (non-hydrogen) atoms. The van der Waals surface area contributed by atoms with Gasteiger partial charge in [0.25, 0.3) is 0 Å². The molecule has 0 radical (unpaired) electrons. The predicted octanol–water partition coefficient (Wildman–Crippen LogP) is 4.49. The summed E-state index contributed by atoms with van der Waals surface area (Å²) in [7, 11) is 0. The summed E-state index contributed by atoms with van der Waals surface area (Å²) in [6, 6.07) is 8.25. The van der Waals surface area contributed by atoms with Gasteiger partial charge in [-0.2, -0.15) is 0 Å². The first-order valence-electron chi connectivity index (χ1n) is 7.87. The molecule has 1 aromatic carbocycles. The van der Waals surface area contributed by atoms with Crippen molar-refractivity contribution < 1.29 is 0 Å². The summed E-state index contributed by atoms with van der Waals surface area (Å²) >= 11 is 1.68. The highest BCUT2D eigenvalue weighted by atomic mass is 32.1. The Balaban J connectivity index is 2.00. The minimum atomic E-state index is 0.0771. The highest BCUT2D eigenvalue weighted by molar-refractivity contribution is 7.09. The molecule has 0 bridgehead atoms. The molecule has 0 unspecified atom stereocenters. The number of hydrogen-bond donors (Lipinski definition) is 2. The average molecular weight is 331 g/mol. The van der Waals surface area contributed by atoms with Crippen molar-refractivity contribution in [1.29, 1.82) is 0 Å². The lowest BCUT2D eigenvalue weighted by molar-refractivity contribution is 0.583. The van der Waals surface area contributed by atoms with E-state index >= 15 is 0 Å². The first-order chi connectivity index (χ1) is 10.8. The summed E-state index contributed by atoms with van der Waals surface area (Å²) in [6.07, 6.45) is 0. The molecule has 0 aliphatic heterocycles. The molecule has 2 aromatic rings. The Kier molecular flexibility index (Phi) is 5.42. The van der Waals surface area contributed by atoms with Crippen LogP contribution in [0.25, 0.3) is 0 Å². The van der Waals surface area contributed by atoms with Crippen LogP contribution in [0.5, 0.6) is 0 Å². The fraction of sp³-hybridized carbons (Fsp3) is 0.444. The highest BCUT2D eigenvalue weighted by Crippen LogP contribution is 2.25. The largest absolute Gasteiger partial charge is 0.370 e. The molecule has 0 aliphatic rings. The van der Waals surface area contributed by atoms with E-state index in [1.807, 2.05) is 12.1 Å². The SMILES string of the molecule is CC(C)c1cccc(NC(N)=NCc2csc(C(C)(C)C)n2)c1. The molecule has 2 rings (SSSR count). The molecule has 0 aliphatic carbocycles. The Morgan fingerprint density at radius 1 is 1.35 bits per heavy atom. The third kappa shape index (κ3) is 5.06. The monoisotopic (exact) mass is 330 g/mol. The summed E-state index contributed by atoms with van der Waals surface area (Å²) in [6.45, 7) is 11.3. The van der Waals surface area contributed by atoms with Crippen LogP contribution in [0.3, 0.4) is 0 Å². The average Bonchev–Trinajstić information content (AvgIpc) is 2.94. The summed E-state index contributed by atoms with van der Waals surface area (Å²) in [5.74, 6) is 0.900. The number of hydrogen-bond acceptors (Lipinski definition) is 3. The molecule has 3 N–H and O–H groups in total. The third-order valence-electron chi connectivity index (χ3n) is 3.43. The van der Waals surface area contributed by atoms with Crippen molar-refractivity contribution in [3.05, 3.63) is 45.9 Å². The van der Waals surface area contributed by atoms with Gasteiger partial charge < -0.3 is 11.1 Å². The lowest BCUT2D eigenvalue weighted by Crippen LogP contribution is -2.22. The molecule has 1 heterocycles. The first-order valence-corrected chi connectivity index (χ1v) is 8.75. The summed E-state index contributed by atoms with van der Waals surface area (Å²) in [5.41, 5.74) is 9.26. The van der Waals surface area contributed by atoms with Gasteiger partial charge in [0.2, 0.25) is 0 Å². The lowest BCUT2D eigenvalue weighted by atomic mass is 9.98. The van der Waals surface area contributed by atoms with Crippen molar-refractivity contribution >= 4 is 23.0 Å². The molecule has 0 atom stereocenters. The molecule has 0 saturated carbocycles. The number of rotatable bonds is 4. The van der Waals surface area contributed by atoms with Crippen LogP contribution in [0.15, 0.2) is 34.6 Å². The Labute approximate surface area is 142 Å². The molecule has 0 spiro atoms. The number of aliphatic imine (C=N–C) groups is 1. The van der Waals surface area contributed by atoms with E-state index in [1.54, 1.807) is 11.3 Å². The summed E-state index contributed by atoms with van der Waals surface area (Å²) in [4.78, 5) is 9.01. The van der Waals surface area contributed by atoms with Gasteiger partial charge in [-0.3, -0.25) is 0 Å². The molecule has 5 heteroatoms. The standard InChI is InChI=1S/C18H26N4S/c1-12(2)13-7-6-8-14(9-13)22-17(19)20-10-15-11-23-16(21-15)18(3,4)5/h6-9,11-12H,10H2,1-5H3,(H3,19,20,22). The molecular weight excluding hydrogens is 304 g/mol. The summed E-state index contributed by atoms with van der Waals surface area (Å²) in [5, 5.41) is 6.32. The molecule has 1 aromatic heterocycles. The van der Waals surface area contributed by atoms with E-state index in [9.17, 15) is 0 Å². The lowest BCUT2D eigenvalue weighted by Gasteiger charge is -2.13. The molecule has 124 valence electrons. The zero-order chi connectivity index (χ0) is 17.0. The minimum absolute atomic E-state index is 0.0771. The van der Waals surface area contributed by atoms with E-state index < -0.39 is 0 Å². The quantitative estimate of drug-likeness (QED) is 0.641.